The second-order valence-corrected chi connectivity index (χ2v) is 9.34. The topological polar surface area (TPSA) is 100 Å². The van der Waals surface area contributed by atoms with Gasteiger partial charge in [0.1, 0.15) is 12.4 Å². The second kappa shape index (κ2) is 10.1. The van der Waals surface area contributed by atoms with Crippen LogP contribution in [0.4, 0.5) is 10.5 Å². The van der Waals surface area contributed by atoms with E-state index in [4.69, 9.17) is 28.2 Å². The van der Waals surface area contributed by atoms with Crippen molar-refractivity contribution in [1.29, 1.82) is 0 Å². The lowest BCUT2D eigenvalue weighted by molar-refractivity contribution is -0.122. The van der Waals surface area contributed by atoms with E-state index in [1.807, 2.05) is 47.0 Å². The zero-order chi connectivity index (χ0) is 24.4. The summed E-state index contributed by atoms with van der Waals surface area (Å²) in [6.07, 6.45) is 1.83. The maximum absolute atomic E-state index is 12.8. The third kappa shape index (κ3) is 5.19. The van der Waals surface area contributed by atoms with Crippen LogP contribution in [0.15, 0.2) is 54.6 Å². The van der Waals surface area contributed by atoms with Crippen LogP contribution in [-0.4, -0.2) is 34.6 Å². The molecule has 3 amide bonds. The molecule has 35 heavy (non-hydrogen) atoms. The van der Waals surface area contributed by atoms with Gasteiger partial charge in [-0.05, 0) is 61.0 Å². The van der Waals surface area contributed by atoms with Gasteiger partial charge in [0.2, 0.25) is 0 Å². The number of hydrogen-bond donors (Lipinski definition) is 4. The third-order valence-corrected chi connectivity index (χ3v) is 6.87. The average Bonchev–Trinajstić information content (AvgIpc) is 3.20. The maximum atomic E-state index is 12.8. The lowest BCUT2D eigenvalue weighted by atomic mass is 9.97. The molecular formula is C25H24Cl2N6O2. The summed E-state index contributed by atoms with van der Waals surface area (Å²) >= 11 is 12.5. The van der Waals surface area contributed by atoms with Gasteiger partial charge in [-0.2, -0.15) is 0 Å². The van der Waals surface area contributed by atoms with E-state index in [2.05, 4.69) is 21.5 Å². The highest BCUT2D eigenvalue weighted by molar-refractivity contribution is 6.42. The van der Waals surface area contributed by atoms with Crippen LogP contribution in [-0.2, 0) is 11.3 Å². The molecule has 8 nitrogen and oxygen atoms in total. The fourth-order valence-electron chi connectivity index (χ4n) is 4.44. The minimum Gasteiger partial charge on any atom is -0.318 e. The monoisotopic (exact) mass is 510 g/mol. The van der Waals surface area contributed by atoms with Crippen LogP contribution in [0.1, 0.15) is 24.6 Å². The van der Waals surface area contributed by atoms with Crippen molar-refractivity contribution in [3.8, 4) is 0 Å². The van der Waals surface area contributed by atoms with Gasteiger partial charge in [0.15, 0.2) is 0 Å². The largest absolute Gasteiger partial charge is 0.337 e. The average molecular weight is 511 g/mol. The molecule has 1 aliphatic rings. The number of hydrogen-bond acceptors (Lipinski definition) is 4. The van der Waals surface area contributed by atoms with Gasteiger partial charge < -0.3 is 15.2 Å². The first kappa shape index (κ1) is 23.4. The summed E-state index contributed by atoms with van der Waals surface area (Å²) in [7, 11) is 0. The molecule has 0 bridgehead atoms. The second-order valence-electron chi connectivity index (χ2n) is 8.52. The van der Waals surface area contributed by atoms with Crippen molar-refractivity contribution in [1.82, 2.24) is 25.7 Å². The first-order chi connectivity index (χ1) is 17.0. The summed E-state index contributed by atoms with van der Waals surface area (Å²) in [4.78, 5) is 29.9. The molecule has 0 spiro atoms. The smallest absolute Gasteiger partial charge is 0.318 e. The number of carbonyl (C=O) groups excluding carboxylic acids is 2. The number of nitrogens with one attached hydrogen (secondary N) is 4. The van der Waals surface area contributed by atoms with Crippen molar-refractivity contribution < 1.29 is 9.59 Å². The maximum Gasteiger partial charge on any atom is 0.337 e. The van der Waals surface area contributed by atoms with Gasteiger partial charge in [0.25, 0.3) is 5.91 Å². The molecule has 3 aromatic carbocycles. The van der Waals surface area contributed by atoms with Gasteiger partial charge in [0, 0.05) is 11.6 Å². The zero-order valence-corrected chi connectivity index (χ0v) is 20.3. The first-order valence-electron chi connectivity index (χ1n) is 11.4. The normalized spacial score (nSPS) is 14.2. The van der Waals surface area contributed by atoms with Gasteiger partial charge in [-0.15, -0.1) is 0 Å². The Balaban J connectivity index is 1.28. The standard InChI is InChI=1S/C25H24Cl2N6O2/c26-19-12-21-22(13-20(19)27)33(24(30-21)16-7-9-28-10-8-16)14-23(34)31-32-25(35)29-18-6-5-15-3-1-2-4-17(15)11-18/h1-6,11-13,16,28H,7-10,14H2,(H,31,34)(H2,29,32,35). The van der Waals surface area contributed by atoms with Gasteiger partial charge in [-0.3, -0.25) is 10.2 Å². The number of benzene rings is 3. The summed E-state index contributed by atoms with van der Waals surface area (Å²) in [5.41, 5.74) is 6.93. The molecule has 1 fully saturated rings. The molecule has 2 heterocycles. The van der Waals surface area contributed by atoms with Gasteiger partial charge in [0.05, 0.1) is 21.1 Å². The molecule has 5 rings (SSSR count). The van der Waals surface area contributed by atoms with Crippen molar-refractivity contribution in [3.05, 3.63) is 70.5 Å². The Bertz CT molecular complexity index is 1410. The van der Waals surface area contributed by atoms with E-state index in [9.17, 15) is 9.59 Å². The van der Waals surface area contributed by atoms with E-state index >= 15 is 0 Å². The number of rotatable bonds is 4. The lowest BCUT2D eigenvalue weighted by Gasteiger charge is -2.23. The van der Waals surface area contributed by atoms with Crippen LogP contribution in [0.2, 0.25) is 10.0 Å². The third-order valence-electron chi connectivity index (χ3n) is 6.15. The number of aromatic nitrogens is 2. The number of piperidine rings is 1. The Hall–Kier alpha value is -3.33. The lowest BCUT2D eigenvalue weighted by Crippen LogP contribution is -2.45. The number of anilines is 1. The van der Waals surface area contributed by atoms with Gasteiger partial charge in [-0.1, -0.05) is 53.5 Å². The molecule has 0 radical (unpaired) electrons. The Morgan fingerprint density at radius 3 is 2.51 bits per heavy atom. The quantitative estimate of drug-likeness (QED) is 0.296. The SMILES string of the molecule is O=C(Cn1c(C2CCNCC2)nc2cc(Cl)c(Cl)cc21)NNC(=O)Nc1ccc2ccccc2c1. The van der Waals surface area contributed by atoms with Crippen LogP contribution in [0, 0.1) is 0 Å². The van der Waals surface area contributed by atoms with E-state index in [0.717, 1.165) is 48.0 Å². The van der Waals surface area contributed by atoms with Gasteiger partial charge >= 0.3 is 6.03 Å². The molecular weight excluding hydrogens is 487 g/mol. The molecule has 0 saturated carbocycles. The summed E-state index contributed by atoms with van der Waals surface area (Å²) in [5, 5.41) is 8.97. The Kier molecular flexibility index (Phi) is 6.77. The number of amides is 3. The minimum atomic E-state index is -0.544. The molecule has 1 aliphatic heterocycles. The van der Waals surface area contributed by atoms with E-state index in [-0.39, 0.29) is 18.4 Å². The molecule has 10 heteroatoms. The van der Waals surface area contributed by atoms with Crippen molar-refractivity contribution >= 4 is 62.6 Å². The van der Waals surface area contributed by atoms with E-state index in [1.54, 1.807) is 12.1 Å². The van der Waals surface area contributed by atoms with Crippen LogP contribution < -0.4 is 21.5 Å². The van der Waals surface area contributed by atoms with Crippen LogP contribution in [0.3, 0.4) is 0 Å². The molecule has 4 N–H and O–H groups in total. The molecule has 1 saturated heterocycles. The van der Waals surface area contributed by atoms with Crippen molar-refractivity contribution in [3.63, 3.8) is 0 Å². The highest BCUT2D eigenvalue weighted by Gasteiger charge is 2.24. The van der Waals surface area contributed by atoms with Crippen molar-refractivity contribution in [2.45, 2.75) is 25.3 Å². The molecule has 180 valence electrons. The molecule has 0 atom stereocenters. The van der Waals surface area contributed by atoms with Crippen molar-refractivity contribution in [2.75, 3.05) is 18.4 Å². The predicted molar refractivity (Wildman–Crippen MR) is 139 cm³/mol. The highest BCUT2D eigenvalue weighted by atomic mass is 35.5. The molecule has 1 aromatic heterocycles. The summed E-state index contributed by atoms with van der Waals surface area (Å²) in [6.45, 7) is 1.75. The highest BCUT2D eigenvalue weighted by Crippen LogP contribution is 2.32. The molecule has 4 aromatic rings. The fourth-order valence-corrected chi connectivity index (χ4v) is 4.75. The number of hydrazine groups is 1. The van der Waals surface area contributed by atoms with Crippen LogP contribution in [0.5, 0.6) is 0 Å². The van der Waals surface area contributed by atoms with Crippen LogP contribution >= 0.6 is 23.2 Å². The Morgan fingerprint density at radius 2 is 1.71 bits per heavy atom. The predicted octanol–water partition coefficient (Wildman–Crippen LogP) is 4.82. The zero-order valence-electron chi connectivity index (χ0n) is 18.8. The van der Waals surface area contributed by atoms with E-state index < -0.39 is 6.03 Å². The molecule has 0 aliphatic carbocycles. The molecule has 0 unspecified atom stereocenters. The number of fused-ring (bicyclic) bond motifs is 2. The summed E-state index contributed by atoms with van der Waals surface area (Å²) in [6, 6.07) is 16.4. The number of halogens is 2. The van der Waals surface area contributed by atoms with E-state index in [1.165, 1.54) is 0 Å². The van der Waals surface area contributed by atoms with E-state index in [0.29, 0.717) is 21.2 Å². The van der Waals surface area contributed by atoms with Gasteiger partial charge in [-0.25, -0.2) is 15.2 Å². The fraction of sp³-hybridized carbons (Fsp3) is 0.240. The number of nitrogens with zero attached hydrogens (tertiary/aromatic N) is 2. The summed E-state index contributed by atoms with van der Waals surface area (Å²) < 4.78 is 1.85. The minimum absolute atomic E-state index is 0.0238. The number of urea groups is 1. The Labute approximate surface area is 212 Å². The first-order valence-corrected chi connectivity index (χ1v) is 12.1. The number of carbonyl (C=O) groups is 2. The Morgan fingerprint density at radius 1 is 0.971 bits per heavy atom. The number of imidazole rings is 1. The van der Waals surface area contributed by atoms with Crippen LogP contribution in [0.25, 0.3) is 21.8 Å². The summed E-state index contributed by atoms with van der Waals surface area (Å²) in [5.74, 6) is 0.632. The van der Waals surface area contributed by atoms with Crippen molar-refractivity contribution in [2.24, 2.45) is 0 Å².